The summed E-state index contributed by atoms with van der Waals surface area (Å²) in [6.45, 7) is 17.7. The Bertz CT molecular complexity index is 3440. The summed E-state index contributed by atoms with van der Waals surface area (Å²) in [6.07, 6.45) is 1.90. The number of hydrogen-bond acceptors (Lipinski definition) is 4. The van der Waals surface area contributed by atoms with E-state index in [-0.39, 0.29) is 37.6 Å². The van der Waals surface area contributed by atoms with Gasteiger partial charge in [-0.05, 0) is 107 Å². The quantitative estimate of drug-likeness (QED) is 0.162. The fourth-order valence-corrected chi connectivity index (χ4v) is 9.24. The molecule has 0 radical (unpaired) electrons. The van der Waals surface area contributed by atoms with Crippen LogP contribution in [0.15, 0.2) is 170 Å². The summed E-state index contributed by atoms with van der Waals surface area (Å²) in [5.74, 6) is 0.186. The van der Waals surface area contributed by atoms with Crippen LogP contribution in [-0.2, 0) is 31.9 Å². The van der Waals surface area contributed by atoms with Crippen molar-refractivity contribution in [1.82, 2.24) is 19.5 Å². The smallest absolute Gasteiger partial charge is 0.124 e. The fraction of sp³-hybridized carbons (Fsp3) is 0.164. The summed E-state index contributed by atoms with van der Waals surface area (Å²) in [7, 11) is 0. The SMILES string of the molecule is Cc1cc(-c2ccccc2-n2c3ccccc3c3cccc(-c4ccnc(-c5[c-]c(-c6cc(-c7cc(C(C)(C)C)cc(C(C)(C)C)c7)cc(-c7ccccc7O)n6)ccc5)c4)c32)cc(C)n1.[Pt]. The predicted octanol–water partition coefficient (Wildman–Crippen LogP) is 15.7. The van der Waals surface area contributed by atoms with Crippen LogP contribution in [0.3, 0.4) is 0 Å². The van der Waals surface area contributed by atoms with Gasteiger partial charge >= 0.3 is 0 Å². The van der Waals surface area contributed by atoms with Gasteiger partial charge in [-0.25, -0.2) is 0 Å². The van der Waals surface area contributed by atoms with Crippen molar-refractivity contribution in [2.45, 2.75) is 66.2 Å². The molecule has 67 heavy (non-hydrogen) atoms. The second-order valence-electron chi connectivity index (χ2n) is 19.6. The summed E-state index contributed by atoms with van der Waals surface area (Å²) in [6, 6.07) is 61.1. The standard InChI is InChI=1S/C61H53N4O.Pt/c1-38-29-45(30-39(2)63-38)48-19-9-12-24-56(48)65-57-25-13-10-20-50(57)51-23-16-22-49(59(51)65)40-27-28-62-53(34-40)41-17-15-18-42(31-41)54-35-44(36-55(64-54)52-21-11-14-26-58(52)66)43-32-46(60(3,4)5)37-47(33-43)61(6,7)8;/h9-30,32-37,66H,1-8H3;/q-1;. The first-order chi connectivity index (χ1) is 31.7. The maximum atomic E-state index is 11.1. The van der Waals surface area contributed by atoms with E-state index in [4.69, 9.17) is 9.97 Å². The molecular formula is C61H53N4OPt-. The molecule has 0 saturated heterocycles. The molecule has 0 saturated carbocycles. The number of hydrogen-bond donors (Lipinski definition) is 1. The van der Waals surface area contributed by atoms with Crippen molar-refractivity contribution in [3.8, 4) is 78.6 Å². The van der Waals surface area contributed by atoms with E-state index < -0.39 is 0 Å². The predicted molar refractivity (Wildman–Crippen MR) is 274 cm³/mol. The van der Waals surface area contributed by atoms with Gasteiger partial charge in [0.15, 0.2) is 0 Å². The van der Waals surface area contributed by atoms with Crippen molar-refractivity contribution >= 4 is 21.8 Å². The van der Waals surface area contributed by atoms with Gasteiger partial charge in [0.05, 0.1) is 22.4 Å². The Kier molecular flexibility index (Phi) is 11.9. The van der Waals surface area contributed by atoms with E-state index in [1.807, 2.05) is 24.4 Å². The van der Waals surface area contributed by atoms with E-state index in [2.05, 4.69) is 211 Å². The number of pyridine rings is 3. The minimum atomic E-state index is -0.0545. The van der Waals surface area contributed by atoms with Crippen molar-refractivity contribution in [1.29, 1.82) is 0 Å². The van der Waals surface area contributed by atoms with Gasteiger partial charge < -0.3 is 9.67 Å². The number of benzene rings is 6. The first-order valence-corrected chi connectivity index (χ1v) is 22.7. The zero-order valence-electron chi connectivity index (χ0n) is 39.2. The maximum absolute atomic E-state index is 11.1. The summed E-state index contributed by atoms with van der Waals surface area (Å²) < 4.78 is 2.43. The van der Waals surface area contributed by atoms with Crippen LogP contribution in [0, 0.1) is 19.9 Å². The zero-order chi connectivity index (χ0) is 45.9. The third kappa shape index (κ3) is 8.77. The number of phenols is 1. The number of para-hydroxylation sites is 4. The number of aromatic nitrogens is 4. The Morgan fingerprint density at radius 3 is 1.76 bits per heavy atom. The van der Waals surface area contributed by atoms with E-state index in [0.717, 1.165) is 84.0 Å². The normalized spacial score (nSPS) is 11.8. The zero-order valence-corrected chi connectivity index (χ0v) is 41.5. The molecule has 10 aromatic rings. The van der Waals surface area contributed by atoms with Crippen molar-refractivity contribution in [2.24, 2.45) is 0 Å². The molecule has 1 N–H and O–H groups in total. The molecular weight excluding hydrogens is 1000 g/mol. The van der Waals surface area contributed by atoms with Crippen LogP contribution in [0.2, 0.25) is 0 Å². The molecule has 0 atom stereocenters. The van der Waals surface area contributed by atoms with Crippen LogP contribution >= 0.6 is 0 Å². The van der Waals surface area contributed by atoms with Crippen LogP contribution in [0.4, 0.5) is 0 Å². The Labute approximate surface area is 408 Å². The molecule has 0 aliphatic carbocycles. The number of nitrogens with zero attached hydrogens (tertiary/aromatic N) is 4. The van der Waals surface area contributed by atoms with Crippen LogP contribution in [-0.4, -0.2) is 24.6 Å². The third-order valence-corrected chi connectivity index (χ3v) is 12.7. The van der Waals surface area contributed by atoms with E-state index in [1.54, 1.807) is 6.07 Å². The number of fused-ring (bicyclic) bond motifs is 3. The van der Waals surface area contributed by atoms with E-state index >= 15 is 0 Å². The summed E-state index contributed by atoms with van der Waals surface area (Å²) in [5, 5.41) is 13.5. The Hall–Kier alpha value is -6.94. The van der Waals surface area contributed by atoms with Gasteiger partial charge in [0.1, 0.15) is 5.75 Å². The number of phenolic OH excluding ortho intramolecular Hbond substituents is 1. The van der Waals surface area contributed by atoms with E-state index in [0.29, 0.717) is 11.3 Å². The van der Waals surface area contributed by atoms with Gasteiger partial charge in [0, 0.05) is 77.5 Å². The molecule has 0 amide bonds. The molecule has 334 valence electrons. The molecule has 10 rings (SSSR count). The molecule has 0 aliphatic heterocycles. The topological polar surface area (TPSA) is 63.8 Å². The average molecular weight is 1050 g/mol. The van der Waals surface area contributed by atoms with Gasteiger partial charge in [-0.3, -0.25) is 15.0 Å². The molecule has 6 heteroatoms. The summed E-state index contributed by atoms with van der Waals surface area (Å²) >= 11 is 0. The summed E-state index contributed by atoms with van der Waals surface area (Å²) in [5.41, 5.74) is 19.0. The minimum Gasteiger partial charge on any atom is -0.507 e. The fourth-order valence-electron chi connectivity index (χ4n) is 9.24. The number of aromatic hydroxyl groups is 1. The first kappa shape index (κ1) is 45.2. The Morgan fingerprint density at radius 1 is 0.478 bits per heavy atom. The largest absolute Gasteiger partial charge is 0.507 e. The third-order valence-electron chi connectivity index (χ3n) is 12.7. The van der Waals surface area contributed by atoms with Crippen LogP contribution < -0.4 is 0 Å². The summed E-state index contributed by atoms with van der Waals surface area (Å²) in [4.78, 5) is 14.9. The second kappa shape index (κ2) is 17.7. The van der Waals surface area contributed by atoms with Crippen LogP contribution in [0.25, 0.3) is 94.6 Å². The molecule has 0 fully saturated rings. The van der Waals surface area contributed by atoms with Crippen molar-refractivity contribution in [3.05, 3.63) is 199 Å². The van der Waals surface area contributed by atoms with Gasteiger partial charge in [-0.1, -0.05) is 150 Å². The molecule has 6 aromatic carbocycles. The Balaban J connectivity index is 0.00000562. The molecule has 0 bridgehead atoms. The van der Waals surface area contributed by atoms with Crippen LogP contribution in [0.1, 0.15) is 64.1 Å². The van der Waals surface area contributed by atoms with Gasteiger partial charge in [-0.2, -0.15) is 0 Å². The molecule has 4 aromatic heterocycles. The van der Waals surface area contributed by atoms with Gasteiger partial charge in [0.25, 0.3) is 0 Å². The van der Waals surface area contributed by atoms with Crippen molar-refractivity contribution in [3.63, 3.8) is 0 Å². The van der Waals surface area contributed by atoms with E-state index in [1.165, 1.54) is 21.9 Å². The minimum absolute atomic E-state index is 0. The molecule has 0 unspecified atom stereocenters. The molecule has 5 nitrogen and oxygen atoms in total. The second-order valence-corrected chi connectivity index (χ2v) is 19.6. The molecule has 0 aliphatic rings. The van der Waals surface area contributed by atoms with Gasteiger partial charge in [0.2, 0.25) is 0 Å². The Morgan fingerprint density at radius 2 is 1.04 bits per heavy atom. The number of rotatable bonds is 7. The molecule has 0 spiro atoms. The maximum Gasteiger partial charge on any atom is 0.124 e. The van der Waals surface area contributed by atoms with Crippen LogP contribution in [0.5, 0.6) is 5.75 Å². The van der Waals surface area contributed by atoms with Crippen molar-refractivity contribution in [2.75, 3.05) is 0 Å². The average Bonchev–Trinajstić information content (AvgIpc) is 3.65. The first-order valence-electron chi connectivity index (χ1n) is 22.7. The van der Waals surface area contributed by atoms with E-state index in [9.17, 15) is 5.11 Å². The number of aryl methyl sites for hydroxylation is 2. The van der Waals surface area contributed by atoms with Crippen molar-refractivity contribution < 1.29 is 26.2 Å². The molecule has 4 heterocycles. The van der Waals surface area contributed by atoms with Gasteiger partial charge in [-0.15, -0.1) is 24.3 Å². The monoisotopic (exact) mass is 1050 g/mol.